The summed E-state index contributed by atoms with van der Waals surface area (Å²) in [5.41, 5.74) is 1.52. The quantitative estimate of drug-likeness (QED) is 0.625. The molecule has 0 radical (unpaired) electrons. The molecule has 3 N–H and O–H groups in total. The first-order valence-corrected chi connectivity index (χ1v) is 8.87. The summed E-state index contributed by atoms with van der Waals surface area (Å²) in [6, 6.07) is -0.0338. The summed E-state index contributed by atoms with van der Waals surface area (Å²) in [6.07, 6.45) is 1.84. The van der Waals surface area contributed by atoms with Gasteiger partial charge in [0.25, 0.3) is 10.0 Å². The number of H-pyrrole nitrogens is 1. The molecule has 1 aromatic heterocycles. The van der Waals surface area contributed by atoms with Gasteiger partial charge in [-0.05, 0) is 39.9 Å². The highest BCUT2D eigenvalue weighted by Crippen LogP contribution is 2.18. The van der Waals surface area contributed by atoms with Crippen LogP contribution in [-0.2, 0) is 16.6 Å². The van der Waals surface area contributed by atoms with Crippen molar-refractivity contribution in [2.45, 2.75) is 44.3 Å². The molecular formula is C13H25N5O2S. The molecule has 1 aromatic rings. The minimum atomic E-state index is -3.57. The molecule has 0 bridgehead atoms. The van der Waals surface area contributed by atoms with Crippen LogP contribution >= 0.6 is 0 Å². The average Bonchev–Trinajstić information content (AvgIpc) is 2.97. The summed E-state index contributed by atoms with van der Waals surface area (Å²) >= 11 is 0. The Kier molecular flexibility index (Phi) is 5.37. The molecule has 0 aliphatic carbocycles. The molecule has 1 unspecified atom stereocenters. The van der Waals surface area contributed by atoms with Crippen LogP contribution in [0.5, 0.6) is 0 Å². The van der Waals surface area contributed by atoms with E-state index in [1.54, 1.807) is 0 Å². The molecule has 2 rings (SSSR count). The van der Waals surface area contributed by atoms with Crippen molar-refractivity contribution >= 4 is 10.0 Å². The second kappa shape index (κ2) is 6.87. The van der Waals surface area contributed by atoms with Gasteiger partial charge < -0.3 is 10.2 Å². The standard InChI is InChI=1S/C13H25N5O2S/c1-4-6-14-8-12-10(2)15-16-13(12)21(19,20)17-11-5-7-18(3)9-11/h11,14,17H,4-9H2,1-3H3,(H,15,16). The Morgan fingerprint density at radius 3 is 2.86 bits per heavy atom. The van der Waals surface area contributed by atoms with E-state index in [1.165, 1.54) is 0 Å². The van der Waals surface area contributed by atoms with Crippen LogP contribution in [0.1, 0.15) is 31.0 Å². The van der Waals surface area contributed by atoms with Gasteiger partial charge in [-0.25, -0.2) is 13.1 Å². The maximum Gasteiger partial charge on any atom is 0.260 e. The van der Waals surface area contributed by atoms with Crippen LogP contribution < -0.4 is 10.0 Å². The van der Waals surface area contributed by atoms with Gasteiger partial charge in [0.2, 0.25) is 0 Å². The Morgan fingerprint density at radius 1 is 1.48 bits per heavy atom. The molecule has 21 heavy (non-hydrogen) atoms. The van der Waals surface area contributed by atoms with Gasteiger partial charge in [0.15, 0.2) is 5.03 Å². The van der Waals surface area contributed by atoms with E-state index in [-0.39, 0.29) is 11.1 Å². The van der Waals surface area contributed by atoms with Gasteiger partial charge in [-0.3, -0.25) is 5.10 Å². The first kappa shape index (κ1) is 16.4. The third-order valence-electron chi connectivity index (χ3n) is 3.73. The van der Waals surface area contributed by atoms with Crippen molar-refractivity contribution in [2.75, 3.05) is 26.7 Å². The van der Waals surface area contributed by atoms with E-state index >= 15 is 0 Å². The van der Waals surface area contributed by atoms with E-state index in [4.69, 9.17) is 0 Å². The molecule has 1 aliphatic rings. The number of likely N-dealkylation sites (tertiary alicyclic amines) is 1. The fourth-order valence-electron chi connectivity index (χ4n) is 2.56. The fraction of sp³-hybridized carbons (Fsp3) is 0.769. The van der Waals surface area contributed by atoms with Gasteiger partial charge >= 0.3 is 0 Å². The molecule has 0 spiro atoms. The van der Waals surface area contributed by atoms with E-state index in [2.05, 4.69) is 32.1 Å². The van der Waals surface area contributed by atoms with Gasteiger partial charge in [0.05, 0.1) is 0 Å². The highest BCUT2D eigenvalue weighted by Gasteiger charge is 2.29. The van der Waals surface area contributed by atoms with Crippen molar-refractivity contribution in [3.8, 4) is 0 Å². The first-order valence-electron chi connectivity index (χ1n) is 7.39. The predicted molar refractivity (Wildman–Crippen MR) is 81.5 cm³/mol. The third-order valence-corrected chi connectivity index (χ3v) is 5.22. The molecule has 0 amide bonds. The van der Waals surface area contributed by atoms with E-state index in [0.717, 1.165) is 43.7 Å². The lowest BCUT2D eigenvalue weighted by atomic mass is 10.2. The minimum absolute atomic E-state index is 0.0338. The number of nitrogens with one attached hydrogen (secondary N) is 3. The largest absolute Gasteiger partial charge is 0.313 e. The van der Waals surface area contributed by atoms with E-state index in [1.807, 2.05) is 14.0 Å². The van der Waals surface area contributed by atoms with Crippen molar-refractivity contribution in [3.05, 3.63) is 11.3 Å². The number of hydrogen-bond donors (Lipinski definition) is 3. The van der Waals surface area contributed by atoms with Gasteiger partial charge in [0.1, 0.15) is 0 Å². The van der Waals surface area contributed by atoms with Crippen molar-refractivity contribution < 1.29 is 8.42 Å². The molecule has 1 aliphatic heterocycles. The lowest BCUT2D eigenvalue weighted by molar-refractivity contribution is 0.407. The molecule has 7 nitrogen and oxygen atoms in total. The van der Waals surface area contributed by atoms with Crippen LogP contribution in [0.3, 0.4) is 0 Å². The van der Waals surface area contributed by atoms with Gasteiger partial charge in [-0.2, -0.15) is 5.10 Å². The molecule has 120 valence electrons. The van der Waals surface area contributed by atoms with Crippen molar-refractivity contribution in [3.63, 3.8) is 0 Å². The number of aromatic nitrogens is 2. The molecular weight excluding hydrogens is 290 g/mol. The van der Waals surface area contributed by atoms with E-state index < -0.39 is 10.0 Å². The van der Waals surface area contributed by atoms with Crippen LogP contribution in [-0.4, -0.2) is 56.2 Å². The van der Waals surface area contributed by atoms with Crippen LogP contribution in [0, 0.1) is 6.92 Å². The highest BCUT2D eigenvalue weighted by atomic mass is 32.2. The molecule has 0 saturated carbocycles. The summed E-state index contributed by atoms with van der Waals surface area (Å²) in [6.45, 7) is 6.94. The van der Waals surface area contributed by atoms with Gasteiger partial charge in [0, 0.05) is 30.4 Å². The van der Waals surface area contributed by atoms with Crippen molar-refractivity contribution in [1.29, 1.82) is 0 Å². The van der Waals surface area contributed by atoms with Gasteiger partial charge in [-0.1, -0.05) is 6.92 Å². The SMILES string of the molecule is CCCNCc1c(S(=O)(=O)NC2CCN(C)C2)n[nH]c1C. The number of sulfonamides is 1. The maximum atomic E-state index is 12.5. The average molecular weight is 315 g/mol. The molecule has 2 heterocycles. The van der Waals surface area contributed by atoms with Crippen LogP contribution in [0.15, 0.2) is 5.03 Å². The maximum absolute atomic E-state index is 12.5. The predicted octanol–water partition coefficient (Wildman–Crippen LogP) is 0.200. The lowest BCUT2D eigenvalue weighted by Crippen LogP contribution is -2.37. The minimum Gasteiger partial charge on any atom is -0.313 e. The Morgan fingerprint density at radius 2 is 2.24 bits per heavy atom. The van der Waals surface area contributed by atoms with E-state index in [9.17, 15) is 8.42 Å². The Bertz CT molecular complexity index is 569. The van der Waals surface area contributed by atoms with Crippen molar-refractivity contribution in [2.24, 2.45) is 0 Å². The molecule has 0 aromatic carbocycles. The number of likely N-dealkylation sites (N-methyl/N-ethyl adjacent to an activating group) is 1. The Hall–Kier alpha value is -0.960. The second-order valence-corrected chi connectivity index (χ2v) is 7.31. The van der Waals surface area contributed by atoms with Gasteiger partial charge in [-0.15, -0.1) is 0 Å². The fourth-order valence-corrected chi connectivity index (χ4v) is 4.02. The zero-order valence-electron chi connectivity index (χ0n) is 12.9. The number of nitrogens with zero attached hydrogens (tertiary/aromatic N) is 2. The van der Waals surface area contributed by atoms with Crippen LogP contribution in [0.25, 0.3) is 0 Å². The summed E-state index contributed by atoms with van der Waals surface area (Å²) in [5.74, 6) is 0. The number of hydrogen-bond acceptors (Lipinski definition) is 5. The summed E-state index contributed by atoms with van der Waals surface area (Å²) < 4.78 is 27.8. The lowest BCUT2D eigenvalue weighted by Gasteiger charge is -2.13. The number of aromatic amines is 1. The zero-order valence-corrected chi connectivity index (χ0v) is 13.8. The smallest absolute Gasteiger partial charge is 0.260 e. The number of aryl methyl sites for hydroxylation is 1. The van der Waals surface area contributed by atoms with Crippen LogP contribution in [0.4, 0.5) is 0 Å². The van der Waals surface area contributed by atoms with Crippen molar-refractivity contribution in [1.82, 2.24) is 25.1 Å². The third kappa shape index (κ3) is 4.03. The first-order chi connectivity index (χ1) is 9.94. The van der Waals surface area contributed by atoms with E-state index in [0.29, 0.717) is 6.54 Å². The summed E-state index contributed by atoms with van der Waals surface area (Å²) in [4.78, 5) is 2.12. The molecule has 8 heteroatoms. The zero-order chi connectivity index (χ0) is 15.5. The molecule has 1 atom stereocenters. The van der Waals surface area contributed by atoms with Crippen LogP contribution in [0.2, 0.25) is 0 Å². The monoisotopic (exact) mass is 315 g/mol. The molecule has 1 fully saturated rings. The Balaban J connectivity index is 2.12. The topological polar surface area (TPSA) is 90.1 Å². The number of rotatable bonds is 7. The Labute approximate surface area is 126 Å². The highest BCUT2D eigenvalue weighted by molar-refractivity contribution is 7.89. The summed E-state index contributed by atoms with van der Waals surface area (Å²) in [5, 5.41) is 10.1. The normalized spacial score (nSPS) is 20.2. The summed E-state index contributed by atoms with van der Waals surface area (Å²) in [7, 11) is -1.58. The second-order valence-electron chi connectivity index (χ2n) is 5.68. The molecule has 1 saturated heterocycles.